The summed E-state index contributed by atoms with van der Waals surface area (Å²) in [4.78, 5) is 19.7. The van der Waals surface area contributed by atoms with Gasteiger partial charge in [0.1, 0.15) is 0 Å². The number of aliphatic hydroxyl groups is 1. The van der Waals surface area contributed by atoms with Crippen molar-refractivity contribution in [3.8, 4) is 0 Å². The number of carbonyl (C=O) groups is 1. The molecule has 0 aromatic carbocycles. The Labute approximate surface area is 226 Å². The summed E-state index contributed by atoms with van der Waals surface area (Å²) >= 11 is 0. The molecule has 2 aromatic rings. The molecule has 2 aromatic heterocycles. The van der Waals surface area contributed by atoms with Crippen molar-refractivity contribution < 1.29 is 14.6 Å². The number of amides is 1. The van der Waals surface area contributed by atoms with Crippen LogP contribution in [0.5, 0.6) is 0 Å². The molecule has 3 aliphatic rings. The SMILES string of the molecule is CCCCC[C@H](C)Nc1ncc2c(C3=CC[C@H](C(=O)N4CCOCC4)CC3)cc(C3CCC(O)CC3)n2n1. The lowest BCUT2D eigenvalue weighted by Crippen LogP contribution is -2.44. The van der Waals surface area contributed by atoms with E-state index >= 15 is 0 Å². The monoisotopic (exact) mass is 523 g/mol. The lowest BCUT2D eigenvalue weighted by molar-refractivity contribution is -0.139. The molecule has 2 aliphatic carbocycles. The molecule has 8 heteroatoms. The summed E-state index contributed by atoms with van der Waals surface area (Å²) in [5.74, 6) is 1.39. The highest BCUT2D eigenvalue weighted by Gasteiger charge is 2.30. The lowest BCUT2D eigenvalue weighted by atomic mass is 9.84. The number of aliphatic hydroxyl groups excluding tert-OH is 1. The van der Waals surface area contributed by atoms with E-state index in [2.05, 4.69) is 35.8 Å². The van der Waals surface area contributed by atoms with Gasteiger partial charge >= 0.3 is 0 Å². The van der Waals surface area contributed by atoms with Crippen LogP contribution in [0.25, 0.3) is 11.1 Å². The molecule has 1 amide bonds. The number of aromatic nitrogens is 3. The van der Waals surface area contributed by atoms with Gasteiger partial charge in [-0.15, -0.1) is 5.10 Å². The molecule has 1 saturated carbocycles. The zero-order valence-electron chi connectivity index (χ0n) is 23.2. The summed E-state index contributed by atoms with van der Waals surface area (Å²) < 4.78 is 7.53. The second-order valence-corrected chi connectivity index (χ2v) is 11.5. The summed E-state index contributed by atoms with van der Waals surface area (Å²) in [7, 11) is 0. The zero-order valence-corrected chi connectivity index (χ0v) is 23.2. The zero-order chi connectivity index (χ0) is 26.5. The Morgan fingerprint density at radius 2 is 1.97 bits per heavy atom. The molecule has 1 aliphatic heterocycles. The van der Waals surface area contributed by atoms with Crippen LogP contribution in [0.4, 0.5) is 5.95 Å². The summed E-state index contributed by atoms with van der Waals surface area (Å²) in [6.07, 6.45) is 15.0. The van der Waals surface area contributed by atoms with E-state index in [1.165, 1.54) is 36.1 Å². The molecule has 0 unspecified atom stereocenters. The fourth-order valence-electron chi connectivity index (χ4n) is 6.34. The van der Waals surface area contributed by atoms with E-state index in [1.54, 1.807) is 0 Å². The second-order valence-electron chi connectivity index (χ2n) is 11.5. The molecule has 208 valence electrons. The van der Waals surface area contributed by atoms with Crippen LogP contribution >= 0.6 is 0 Å². The van der Waals surface area contributed by atoms with Crippen molar-refractivity contribution in [1.29, 1.82) is 0 Å². The van der Waals surface area contributed by atoms with E-state index in [-0.39, 0.29) is 17.9 Å². The first-order valence-corrected chi connectivity index (χ1v) is 14.9. The highest BCUT2D eigenvalue weighted by atomic mass is 16.5. The van der Waals surface area contributed by atoms with Crippen LogP contribution in [0.1, 0.15) is 102 Å². The molecule has 0 spiro atoms. The predicted molar refractivity (Wildman–Crippen MR) is 150 cm³/mol. The summed E-state index contributed by atoms with van der Waals surface area (Å²) in [6, 6.07) is 2.64. The Morgan fingerprint density at radius 3 is 2.68 bits per heavy atom. The van der Waals surface area contributed by atoms with E-state index in [1.807, 2.05) is 11.1 Å². The molecule has 5 rings (SSSR count). The minimum Gasteiger partial charge on any atom is -0.393 e. The van der Waals surface area contributed by atoms with Crippen LogP contribution in [0.3, 0.4) is 0 Å². The number of carbonyl (C=O) groups excluding carboxylic acids is 1. The van der Waals surface area contributed by atoms with Gasteiger partial charge in [-0.25, -0.2) is 9.50 Å². The Bertz CT molecular complexity index is 1110. The van der Waals surface area contributed by atoms with Gasteiger partial charge in [0.2, 0.25) is 11.9 Å². The maximum atomic E-state index is 13.0. The Morgan fingerprint density at radius 1 is 1.18 bits per heavy atom. The fraction of sp³-hybridized carbons (Fsp3) is 0.700. The predicted octanol–water partition coefficient (Wildman–Crippen LogP) is 5.17. The summed E-state index contributed by atoms with van der Waals surface area (Å²) in [5, 5.41) is 18.6. The smallest absolute Gasteiger partial charge is 0.241 e. The number of morpholine rings is 1. The molecule has 2 N–H and O–H groups in total. The highest BCUT2D eigenvalue weighted by Crippen LogP contribution is 2.39. The number of anilines is 1. The minimum atomic E-state index is -0.185. The number of hydrogen-bond acceptors (Lipinski definition) is 6. The summed E-state index contributed by atoms with van der Waals surface area (Å²) in [6.45, 7) is 7.14. The van der Waals surface area contributed by atoms with Gasteiger partial charge in [-0.2, -0.15) is 0 Å². The first-order valence-electron chi connectivity index (χ1n) is 14.9. The highest BCUT2D eigenvalue weighted by molar-refractivity contribution is 5.83. The van der Waals surface area contributed by atoms with Gasteiger partial charge in [-0.05, 0) is 69.9 Å². The van der Waals surface area contributed by atoms with Crippen LogP contribution in [0.15, 0.2) is 18.3 Å². The molecule has 0 radical (unpaired) electrons. The summed E-state index contributed by atoms with van der Waals surface area (Å²) in [5.41, 5.74) is 4.76. The van der Waals surface area contributed by atoms with Crippen molar-refractivity contribution in [1.82, 2.24) is 19.5 Å². The van der Waals surface area contributed by atoms with Crippen molar-refractivity contribution in [2.45, 2.75) is 103 Å². The van der Waals surface area contributed by atoms with Gasteiger partial charge in [-0.1, -0.05) is 32.3 Å². The Hall–Kier alpha value is -2.45. The number of ether oxygens (including phenoxy) is 1. The first-order chi connectivity index (χ1) is 18.5. The average molecular weight is 524 g/mol. The topological polar surface area (TPSA) is 92.0 Å². The van der Waals surface area contributed by atoms with Crippen molar-refractivity contribution >= 4 is 22.9 Å². The number of unbranched alkanes of at least 4 members (excludes halogenated alkanes) is 2. The number of nitrogens with zero attached hydrogens (tertiary/aromatic N) is 4. The van der Waals surface area contributed by atoms with Crippen molar-refractivity contribution in [2.75, 3.05) is 31.6 Å². The molecular weight excluding hydrogens is 478 g/mol. The Kier molecular flexibility index (Phi) is 9.00. The van der Waals surface area contributed by atoms with Crippen LogP contribution in [0, 0.1) is 5.92 Å². The van der Waals surface area contributed by atoms with Crippen LogP contribution in [-0.4, -0.2) is 69.0 Å². The first kappa shape index (κ1) is 27.1. The van der Waals surface area contributed by atoms with Gasteiger partial charge < -0.3 is 20.1 Å². The van der Waals surface area contributed by atoms with Gasteiger partial charge in [0, 0.05) is 42.2 Å². The lowest BCUT2D eigenvalue weighted by Gasteiger charge is -2.31. The quantitative estimate of drug-likeness (QED) is 0.441. The van der Waals surface area contributed by atoms with E-state index in [9.17, 15) is 9.90 Å². The Balaban J connectivity index is 1.38. The fourth-order valence-corrected chi connectivity index (χ4v) is 6.34. The molecule has 2 fully saturated rings. The molecule has 2 atom stereocenters. The van der Waals surface area contributed by atoms with Gasteiger partial charge in [0.25, 0.3) is 0 Å². The van der Waals surface area contributed by atoms with Gasteiger partial charge in [0.15, 0.2) is 0 Å². The van der Waals surface area contributed by atoms with Crippen LogP contribution in [0.2, 0.25) is 0 Å². The van der Waals surface area contributed by atoms with Crippen molar-refractivity contribution in [2.24, 2.45) is 5.92 Å². The third-order valence-electron chi connectivity index (χ3n) is 8.70. The molecule has 38 heavy (non-hydrogen) atoms. The standard InChI is InChI=1S/C30H45N5O3/c1-3-4-5-6-21(2)32-30-31-20-28-26(19-27(35(28)33-30)23-11-13-25(36)14-12-23)22-7-9-24(10-8-22)29(37)34-15-17-38-18-16-34/h7,19-21,23-25,36H,3-6,8-18H2,1-2H3,(H,32,33)/t21-,23?,24-,25?/m0/s1. The van der Waals surface area contributed by atoms with Gasteiger partial charge in [-0.3, -0.25) is 4.79 Å². The van der Waals surface area contributed by atoms with Crippen LogP contribution < -0.4 is 5.32 Å². The molecule has 0 bridgehead atoms. The third kappa shape index (κ3) is 6.23. The van der Waals surface area contributed by atoms with E-state index in [0.717, 1.165) is 56.9 Å². The number of nitrogens with one attached hydrogen (secondary N) is 1. The number of hydrogen-bond donors (Lipinski definition) is 2. The maximum Gasteiger partial charge on any atom is 0.241 e. The molecular formula is C30H45N5O3. The molecule has 8 nitrogen and oxygen atoms in total. The minimum absolute atomic E-state index is 0.0614. The number of rotatable bonds is 9. The van der Waals surface area contributed by atoms with Crippen molar-refractivity contribution in [3.63, 3.8) is 0 Å². The second kappa shape index (κ2) is 12.6. The normalized spacial score (nSPS) is 25.3. The average Bonchev–Trinajstić information content (AvgIpc) is 3.32. The largest absolute Gasteiger partial charge is 0.393 e. The van der Waals surface area contributed by atoms with Crippen LogP contribution in [-0.2, 0) is 9.53 Å². The number of allylic oxidation sites excluding steroid dienone is 2. The van der Waals surface area contributed by atoms with E-state index in [4.69, 9.17) is 14.8 Å². The molecule has 1 saturated heterocycles. The van der Waals surface area contributed by atoms with E-state index in [0.29, 0.717) is 44.2 Å². The number of fused-ring (bicyclic) bond motifs is 1. The molecule has 3 heterocycles. The maximum absolute atomic E-state index is 13.0. The third-order valence-corrected chi connectivity index (χ3v) is 8.70. The van der Waals surface area contributed by atoms with Crippen molar-refractivity contribution in [3.05, 3.63) is 29.6 Å². The van der Waals surface area contributed by atoms with Gasteiger partial charge in [0.05, 0.1) is 31.0 Å². The van der Waals surface area contributed by atoms with E-state index < -0.39 is 0 Å².